The maximum atomic E-state index is 5.64. The van der Waals surface area contributed by atoms with Gasteiger partial charge in [0.25, 0.3) is 0 Å². The van der Waals surface area contributed by atoms with Crippen molar-refractivity contribution in [2.75, 3.05) is 24.3 Å². The van der Waals surface area contributed by atoms with Gasteiger partial charge in [0.05, 0.1) is 6.10 Å². The van der Waals surface area contributed by atoms with Crippen LogP contribution in [0.15, 0.2) is 4.42 Å². The summed E-state index contributed by atoms with van der Waals surface area (Å²) >= 11 is 5.59. The third-order valence-corrected chi connectivity index (χ3v) is 2.98. The lowest BCUT2D eigenvalue weighted by Crippen LogP contribution is -2.22. The summed E-state index contributed by atoms with van der Waals surface area (Å²) in [6.45, 7) is 1.69. The van der Waals surface area contributed by atoms with Crippen LogP contribution in [-0.2, 0) is 11.2 Å². The van der Waals surface area contributed by atoms with Gasteiger partial charge in [-0.15, -0.1) is 16.7 Å². The van der Waals surface area contributed by atoms with Crippen molar-refractivity contribution in [1.82, 2.24) is 10.2 Å². The topological polar surface area (TPSA) is 60.2 Å². The van der Waals surface area contributed by atoms with E-state index < -0.39 is 0 Å². The number of aromatic nitrogens is 2. The van der Waals surface area contributed by atoms with Gasteiger partial charge in [-0.1, -0.05) is 5.10 Å². The minimum absolute atomic E-state index is 0.376. The molecule has 0 aromatic carbocycles. The molecule has 17 heavy (non-hydrogen) atoms. The molecule has 0 aliphatic carbocycles. The van der Waals surface area contributed by atoms with Crippen LogP contribution in [-0.4, -0.2) is 35.3 Å². The van der Waals surface area contributed by atoms with Gasteiger partial charge < -0.3 is 14.5 Å². The average molecular weight is 260 g/mol. The first-order valence-electron chi connectivity index (χ1n) is 6.12. The molecular formula is C11H18ClN3O2. The van der Waals surface area contributed by atoms with Crippen LogP contribution in [0.5, 0.6) is 0 Å². The van der Waals surface area contributed by atoms with Crippen LogP contribution in [0.25, 0.3) is 0 Å². The summed E-state index contributed by atoms with van der Waals surface area (Å²) in [5.74, 6) is 1.08. The Morgan fingerprint density at radius 3 is 3.06 bits per heavy atom. The Bertz CT molecular complexity index is 326. The van der Waals surface area contributed by atoms with E-state index in [-0.39, 0.29) is 0 Å². The van der Waals surface area contributed by atoms with Gasteiger partial charge in [0.1, 0.15) is 0 Å². The molecule has 1 fully saturated rings. The first kappa shape index (κ1) is 12.6. The molecule has 96 valence electrons. The third kappa shape index (κ3) is 4.16. The van der Waals surface area contributed by atoms with Gasteiger partial charge in [-0.2, -0.15) is 0 Å². The fraction of sp³-hybridized carbons (Fsp3) is 0.818. The molecule has 0 amide bonds. The molecule has 1 unspecified atom stereocenters. The van der Waals surface area contributed by atoms with Gasteiger partial charge in [0.15, 0.2) is 0 Å². The molecule has 0 spiro atoms. The number of anilines is 1. The number of hydrogen-bond acceptors (Lipinski definition) is 5. The van der Waals surface area contributed by atoms with E-state index in [4.69, 9.17) is 20.8 Å². The number of nitrogens with zero attached hydrogens (tertiary/aromatic N) is 2. The molecule has 0 radical (unpaired) electrons. The molecule has 0 saturated carbocycles. The first-order chi connectivity index (χ1) is 8.38. The Morgan fingerprint density at radius 1 is 1.35 bits per heavy atom. The van der Waals surface area contributed by atoms with E-state index in [1.54, 1.807) is 0 Å². The maximum Gasteiger partial charge on any atom is 0.315 e. The molecule has 6 heteroatoms. The molecule has 1 atom stereocenters. The van der Waals surface area contributed by atoms with Crippen molar-refractivity contribution in [2.24, 2.45) is 0 Å². The zero-order valence-corrected chi connectivity index (χ0v) is 10.6. The van der Waals surface area contributed by atoms with E-state index in [2.05, 4.69) is 15.5 Å². The fourth-order valence-electron chi connectivity index (χ4n) is 1.88. The van der Waals surface area contributed by atoms with E-state index in [1.165, 1.54) is 12.8 Å². The Kier molecular flexibility index (Phi) is 5.07. The van der Waals surface area contributed by atoms with Crippen molar-refractivity contribution < 1.29 is 9.15 Å². The van der Waals surface area contributed by atoms with Crippen LogP contribution in [0.3, 0.4) is 0 Å². The average Bonchev–Trinajstić information content (AvgIpc) is 2.79. The SMILES string of the molecule is ClCCc1nnc(NCCC2CCCCO2)o1. The quantitative estimate of drug-likeness (QED) is 0.794. The van der Waals surface area contributed by atoms with Crippen molar-refractivity contribution in [3.63, 3.8) is 0 Å². The second-order valence-electron chi connectivity index (χ2n) is 4.14. The van der Waals surface area contributed by atoms with Crippen molar-refractivity contribution in [2.45, 2.75) is 38.2 Å². The molecular weight excluding hydrogens is 242 g/mol. The minimum atomic E-state index is 0.376. The fourth-order valence-corrected chi connectivity index (χ4v) is 2.04. The van der Waals surface area contributed by atoms with Gasteiger partial charge in [0.2, 0.25) is 5.89 Å². The zero-order valence-electron chi connectivity index (χ0n) is 9.82. The highest BCUT2D eigenvalue weighted by atomic mass is 35.5. The molecule has 1 aliphatic rings. The summed E-state index contributed by atoms with van der Waals surface area (Å²) in [5.41, 5.74) is 0. The molecule has 1 aromatic heterocycles. The van der Waals surface area contributed by atoms with Crippen molar-refractivity contribution in [1.29, 1.82) is 0 Å². The van der Waals surface area contributed by atoms with Gasteiger partial charge in [-0.25, -0.2) is 0 Å². The predicted molar refractivity (Wildman–Crippen MR) is 65.4 cm³/mol. The molecule has 2 rings (SSSR count). The lowest BCUT2D eigenvalue weighted by Gasteiger charge is -2.22. The number of hydrogen-bond donors (Lipinski definition) is 1. The van der Waals surface area contributed by atoms with Gasteiger partial charge in [-0.3, -0.25) is 0 Å². The zero-order chi connectivity index (χ0) is 11.9. The van der Waals surface area contributed by atoms with Gasteiger partial charge >= 0.3 is 6.01 Å². The smallest absolute Gasteiger partial charge is 0.315 e. The van der Waals surface area contributed by atoms with Crippen molar-refractivity contribution in [3.05, 3.63) is 5.89 Å². The van der Waals surface area contributed by atoms with E-state index >= 15 is 0 Å². The lowest BCUT2D eigenvalue weighted by atomic mass is 10.1. The van der Waals surface area contributed by atoms with Crippen molar-refractivity contribution in [3.8, 4) is 0 Å². The van der Waals surface area contributed by atoms with Gasteiger partial charge in [0, 0.05) is 25.5 Å². The molecule has 1 saturated heterocycles. The summed E-state index contributed by atoms with van der Waals surface area (Å²) in [5, 5.41) is 10.9. The molecule has 1 aromatic rings. The van der Waals surface area contributed by atoms with Crippen LogP contribution in [0.1, 0.15) is 31.6 Å². The number of nitrogens with one attached hydrogen (secondary N) is 1. The number of ether oxygens (including phenoxy) is 1. The lowest BCUT2D eigenvalue weighted by molar-refractivity contribution is 0.0134. The third-order valence-electron chi connectivity index (χ3n) is 2.79. The number of halogens is 1. The first-order valence-corrected chi connectivity index (χ1v) is 6.66. The molecule has 1 aliphatic heterocycles. The molecule has 0 bridgehead atoms. The van der Waals surface area contributed by atoms with E-state index in [0.717, 1.165) is 26.0 Å². The summed E-state index contributed by atoms with van der Waals surface area (Å²) in [6.07, 6.45) is 5.58. The standard InChI is InChI=1S/C11H18ClN3O2/c12-6-4-10-14-15-11(17-10)13-7-5-9-3-1-2-8-16-9/h9H,1-8H2,(H,13,15). The van der Waals surface area contributed by atoms with Crippen molar-refractivity contribution >= 4 is 17.6 Å². The molecule has 5 nitrogen and oxygen atoms in total. The summed E-state index contributed by atoms with van der Waals surface area (Å²) in [4.78, 5) is 0. The Hall–Kier alpha value is -0.810. The van der Waals surface area contributed by atoms with Crippen LogP contribution in [0, 0.1) is 0 Å². The Morgan fingerprint density at radius 2 is 2.29 bits per heavy atom. The highest BCUT2D eigenvalue weighted by molar-refractivity contribution is 6.17. The van der Waals surface area contributed by atoms with Crippen LogP contribution in [0.4, 0.5) is 6.01 Å². The largest absolute Gasteiger partial charge is 0.408 e. The van der Waals surface area contributed by atoms with Crippen LogP contribution >= 0.6 is 11.6 Å². The normalized spacial score (nSPS) is 20.4. The summed E-state index contributed by atoms with van der Waals surface area (Å²) in [7, 11) is 0. The highest BCUT2D eigenvalue weighted by Gasteiger charge is 2.13. The minimum Gasteiger partial charge on any atom is -0.408 e. The highest BCUT2D eigenvalue weighted by Crippen LogP contribution is 2.15. The number of rotatable bonds is 6. The Labute approximate surface area is 106 Å². The summed E-state index contributed by atoms with van der Waals surface area (Å²) < 4.78 is 11.0. The number of alkyl halides is 1. The van der Waals surface area contributed by atoms with Crippen LogP contribution < -0.4 is 5.32 Å². The second-order valence-corrected chi connectivity index (χ2v) is 4.52. The van der Waals surface area contributed by atoms with Crippen LogP contribution in [0.2, 0.25) is 0 Å². The van der Waals surface area contributed by atoms with E-state index in [1.807, 2.05) is 0 Å². The van der Waals surface area contributed by atoms with E-state index in [9.17, 15) is 0 Å². The monoisotopic (exact) mass is 259 g/mol. The molecule has 1 N–H and O–H groups in total. The predicted octanol–water partition coefficient (Wildman–Crippen LogP) is 2.22. The summed E-state index contributed by atoms with van der Waals surface area (Å²) in [6, 6.07) is 0.473. The second kappa shape index (κ2) is 6.81. The van der Waals surface area contributed by atoms with Gasteiger partial charge in [-0.05, 0) is 25.7 Å². The maximum absolute atomic E-state index is 5.64. The number of aryl methyl sites for hydroxylation is 1. The van der Waals surface area contributed by atoms with E-state index in [0.29, 0.717) is 30.3 Å². The Balaban J connectivity index is 1.66. The molecule has 2 heterocycles.